The number of rotatable bonds is 5. The lowest BCUT2D eigenvalue weighted by molar-refractivity contribution is 0.104. The molecule has 0 aromatic carbocycles. The van der Waals surface area contributed by atoms with Crippen LogP contribution in [0, 0.1) is 0 Å². The van der Waals surface area contributed by atoms with Crippen LogP contribution >= 0.6 is 0 Å². The minimum absolute atomic E-state index is 0.0633. The third-order valence-corrected chi connectivity index (χ3v) is 2.49. The third kappa shape index (κ3) is 3.05. The zero-order chi connectivity index (χ0) is 11.3. The predicted molar refractivity (Wildman–Crippen MR) is 60.9 cm³/mol. The van der Waals surface area contributed by atoms with Gasteiger partial charge in [-0.1, -0.05) is 19.4 Å². The Morgan fingerprint density at radius 1 is 1.40 bits per heavy atom. The Balaban J connectivity index is 2.80. The predicted octanol–water partition coefficient (Wildman–Crippen LogP) is 2.83. The number of ketones is 1. The monoisotopic (exact) mass is 206 g/mol. The van der Waals surface area contributed by atoms with Gasteiger partial charge in [-0.2, -0.15) is 5.10 Å². The molecule has 1 rings (SSSR count). The molecule has 0 radical (unpaired) electrons. The first-order valence-corrected chi connectivity index (χ1v) is 5.47. The van der Waals surface area contributed by atoms with E-state index < -0.39 is 0 Å². The topological polar surface area (TPSA) is 34.9 Å². The fourth-order valence-electron chi connectivity index (χ4n) is 1.39. The number of hydrogen-bond donors (Lipinski definition) is 0. The lowest BCUT2D eigenvalue weighted by atomic mass is 10.1. The molecule has 1 aromatic heterocycles. The van der Waals surface area contributed by atoms with E-state index in [4.69, 9.17) is 0 Å². The zero-order valence-electron chi connectivity index (χ0n) is 9.66. The Kier molecular flexibility index (Phi) is 4.28. The van der Waals surface area contributed by atoms with E-state index in [-0.39, 0.29) is 5.78 Å². The second-order valence-corrected chi connectivity index (χ2v) is 3.46. The van der Waals surface area contributed by atoms with Crippen molar-refractivity contribution in [2.45, 2.75) is 40.2 Å². The highest BCUT2D eigenvalue weighted by Gasteiger charge is 2.06. The van der Waals surface area contributed by atoms with Crippen LogP contribution in [-0.2, 0) is 6.54 Å². The highest BCUT2D eigenvalue weighted by Crippen LogP contribution is 2.08. The van der Waals surface area contributed by atoms with E-state index in [1.165, 1.54) is 5.57 Å². The summed E-state index contributed by atoms with van der Waals surface area (Å²) in [6.07, 6.45) is 7.03. The Bertz CT molecular complexity index is 357. The highest BCUT2D eigenvalue weighted by atomic mass is 16.1. The van der Waals surface area contributed by atoms with Crippen molar-refractivity contribution < 1.29 is 4.79 Å². The van der Waals surface area contributed by atoms with Crippen LogP contribution in [-0.4, -0.2) is 15.6 Å². The van der Waals surface area contributed by atoms with E-state index in [0.29, 0.717) is 5.56 Å². The summed E-state index contributed by atoms with van der Waals surface area (Å²) in [4.78, 5) is 11.8. The maximum absolute atomic E-state index is 11.8. The Hall–Kier alpha value is -1.38. The van der Waals surface area contributed by atoms with Crippen molar-refractivity contribution >= 4 is 5.78 Å². The summed E-state index contributed by atoms with van der Waals surface area (Å²) in [6.45, 7) is 6.93. The first kappa shape index (κ1) is 11.7. The lowest BCUT2D eigenvalue weighted by Crippen LogP contribution is -1.96. The number of nitrogens with zero attached hydrogens (tertiary/aromatic N) is 2. The molecule has 0 bridgehead atoms. The van der Waals surface area contributed by atoms with E-state index in [1.54, 1.807) is 23.2 Å². The second kappa shape index (κ2) is 5.49. The number of carbonyl (C=O) groups is 1. The first-order valence-electron chi connectivity index (χ1n) is 5.47. The average Bonchev–Trinajstić information content (AvgIpc) is 2.74. The maximum Gasteiger partial charge on any atom is 0.188 e. The number of allylic oxidation sites excluding steroid dienone is 2. The van der Waals surface area contributed by atoms with Crippen LogP contribution in [0.5, 0.6) is 0 Å². The summed E-state index contributed by atoms with van der Waals surface area (Å²) < 4.78 is 1.76. The van der Waals surface area contributed by atoms with Gasteiger partial charge in [-0.3, -0.25) is 9.48 Å². The van der Waals surface area contributed by atoms with E-state index >= 15 is 0 Å². The van der Waals surface area contributed by atoms with E-state index in [9.17, 15) is 4.79 Å². The lowest BCUT2D eigenvalue weighted by Gasteiger charge is -1.97. The molecule has 3 nitrogen and oxygen atoms in total. The molecular weight excluding hydrogens is 188 g/mol. The van der Waals surface area contributed by atoms with Crippen molar-refractivity contribution in [2.24, 2.45) is 0 Å². The molecule has 0 unspecified atom stereocenters. The summed E-state index contributed by atoms with van der Waals surface area (Å²) in [6, 6.07) is 0. The van der Waals surface area contributed by atoms with Crippen molar-refractivity contribution in [1.29, 1.82) is 0 Å². The zero-order valence-corrected chi connectivity index (χ0v) is 9.66. The average molecular weight is 206 g/mol. The van der Waals surface area contributed by atoms with E-state index in [0.717, 1.165) is 19.4 Å². The molecule has 0 amide bonds. The number of aryl methyl sites for hydroxylation is 1. The third-order valence-electron chi connectivity index (χ3n) is 2.49. The molecule has 15 heavy (non-hydrogen) atoms. The van der Waals surface area contributed by atoms with E-state index in [1.807, 2.05) is 6.92 Å². The fraction of sp³-hybridized carbons (Fsp3) is 0.500. The summed E-state index contributed by atoms with van der Waals surface area (Å²) >= 11 is 0. The Labute approximate surface area is 90.8 Å². The van der Waals surface area contributed by atoms with Gasteiger partial charge >= 0.3 is 0 Å². The molecule has 82 valence electrons. The van der Waals surface area contributed by atoms with Gasteiger partial charge in [0.15, 0.2) is 5.78 Å². The van der Waals surface area contributed by atoms with Gasteiger partial charge in [0.25, 0.3) is 0 Å². The molecule has 0 saturated heterocycles. The molecule has 1 heterocycles. The smallest absolute Gasteiger partial charge is 0.188 e. The van der Waals surface area contributed by atoms with Gasteiger partial charge in [0.2, 0.25) is 0 Å². The first-order chi connectivity index (χ1) is 7.21. The van der Waals surface area contributed by atoms with Crippen molar-refractivity contribution in [2.75, 3.05) is 0 Å². The molecule has 0 fully saturated rings. The minimum atomic E-state index is 0.0633. The summed E-state index contributed by atoms with van der Waals surface area (Å²) in [5.41, 5.74) is 1.86. The number of aromatic nitrogens is 2. The molecule has 0 aliphatic heterocycles. The summed E-state index contributed by atoms with van der Waals surface area (Å²) in [5.74, 6) is 0.0633. The van der Waals surface area contributed by atoms with Gasteiger partial charge < -0.3 is 0 Å². The van der Waals surface area contributed by atoms with Crippen molar-refractivity contribution in [3.8, 4) is 0 Å². The number of carbonyl (C=O) groups excluding carboxylic acids is 1. The van der Waals surface area contributed by atoms with Crippen LogP contribution in [0.2, 0.25) is 0 Å². The van der Waals surface area contributed by atoms with Crippen LogP contribution in [0.3, 0.4) is 0 Å². The van der Waals surface area contributed by atoms with Crippen molar-refractivity contribution in [1.82, 2.24) is 9.78 Å². The quantitative estimate of drug-likeness (QED) is 0.548. The SMILES string of the molecule is CCC(=CC(=O)c1cnn(CC)c1)CC. The van der Waals surface area contributed by atoms with Crippen molar-refractivity contribution in [3.05, 3.63) is 29.6 Å². The van der Waals surface area contributed by atoms with Gasteiger partial charge in [0.05, 0.1) is 11.8 Å². The normalized spacial score (nSPS) is 10.1. The fourth-order valence-corrected chi connectivity index (χ4v) is 1.39. The molecule has 0 aliphatic carbocycles. The van der Waals surface area contributed by atoms with Gasteiger partial charge in [-0.05, 0) is 25.8 Å². The molecule has 3 heteroatoms. The molecule has 0 atom stereocenters. The Morgan fingerprint density at radius 2 is 2.07 bits per heavy atom. The van der Waals surface area contributed by atoms with Crippen LogP contribution in [0.1, 0.15) is 44.0 Å². The standard InChI is InChI=1S/C12H18N2O/c1-4-10(5-2)7-12(15)11-8-13-14(6-3)9-11/h7-9H,4-6H2,1-3H3. The molecule has 0 aliphatic rings. The molecule has 0 saturated carbocycles. The molecular formula is C12H18N2O. The molecule has 0 N–H and O–H groups in total. The van der Waals surface area contributed by atoms with E-state index in [2.05, 4.69) is 18.9 Å². The van der Waals surface area contributed by atoms with Gasteiger partial charge in [-0.25, -0.2) is 0 Å². The largest absolute Gasteiger partial charge is 0.289 e. The Morgan fingerprint density at radius 3 is 2.53 bits per heavy atom. The van der Waals surface area contributed by atoms with Crippen LogP contribution in [0.25, 0.3) is 0 Å². The van der Waals surface area contributed by atoms with Crippen LogP contribution < -0.4 is 0 Å². The number of hydrogen-bond acceptors (Lipinski definition) is 2. The molecule has 1 aromatic rings. The molecule has 0 spiro atoms. The van der Waals surface area contributed by atoms with Crippen LogP contribution in [0.4, 0.5) is 0 Å². The van der Waals surface area contributed by atoms with Gasteiger partial charge in [-0.15, -0.1) is 0 Å². The summed E-state index contributed by atoms with van der Waals surface area (Å²) in [7, 11) is 0. The van der Waals surface area contributed by atoms with Crippen LogP contribution in [0.15, 0.2) is 24.0 Å². The van der Waals surface area contributed by atoms with Gasteiger partial charge in [0.1, 0.15) is 0 Å². The van der Waals surface area contributed by atoms with Gasteiger partial charge in [0, 0.05) is 12.7 Å². The highest BCUT2D eigenvalue weighted by molar-refractivity contribution is 6.04. The summed E-state index contributed by atoms with van der Waals surface area (Å²) in [5, 5.41) is 4.08. The maximum atomic E-state index is 11.8. The van der Waals surface area contributed by atoms with Crippen molar-refractivity contribution in [3.63, 3.8) is 0 Å². The minimum Gasteiger partial charge on any atom is -0.289 e. The second-order valence-electron chi connectivity index (χ2n) is 3.46.